The zero-order valence-electron chi connectivity index (χ0n) is 10.6. The summed E-state index contributed by atoms with van der Waals surface area (Å²) in [5, 5.41) is 9.13. The number of rotatable bonds is 4. The van der Waals surface area contributed by atoms with E-state index in [0.717, 1.165) is 0 Å². The Labute approximate surface area is 124 Å². The molecule has 104 valence electrons. The van der Waals surface area contributed by atoms with Gasteiger partial charge in [-0.05, 0) is 46.3 Å². The summed E-state index contributed by atoms with van der Waals surface area (Å²) in [5.74, 6) is 0.238. The summed E-state index contributed by atoms with van der Waals surface area (Å²) >= 11 is 3.34. The molecule has 2 aromatic carbocycles. The average Bonchev–Trinajstić information content (AvgIpc) is 2.40. The third kappa shape index (κ3) is 3.03. The first kappa shape index (κ1) is 14.2. The quantitative estimate of drug-likeness (QED) is 0.834. The molecule has 5 nitrogen and oxygen atoms in total. The Morgan fingerprint density at radius 3 is 2.55 bits per heavy atom. The van der Waals surface area contributed by atoms with Crippen molar-refractivity contribution in [3.05, 3.63) is 46.4 Å². The Bertz CT molecular complexity index is 658. The van der Waals surface area contributed by atoms with Crippen molar-refractivity contribution < 1.29 is 19.4 Å². The normalized spacial score (nSPS) is 10.1. The zero-order chi connectivity index (χ0) is 14.7. The number of anilines is 1. The number of nitrogens with two attached hydrogens (primary N) is 1. The van der Waals surface area contributed by atoms with Crippen LogP contribution in [0, 0.1) is 0 Å². The second-order valence-corrected chi connectivity index (χ2v) is 4.81. The first-order valence-corrected chi connectivity index (χ1v) is 6.45. The molecule has 0 radical (unpaired) electrons. The van der Waals surface area contributed by atoms with E-state index in [9.17, 15) is 4.79 Å². The average molecular weight is 338 g/mol. The maximum atomic E-state index is 11.2. The third-order valence-corrected chi connectivity index (χ3v) is 3.21. The lowest BCUT2D eigenvalue weighted by Gasteiger charge is -2.11. The number of carbonyl (C=O) groups is 1. The zero-order valence-corrected chi connectivity index (χ0v) is 12.2. The van der Waals surface area contributed by atoms with Crippen molar-refractivity contribution in [2.24, 2.45) is 0 Å². The fourth-order valence-corrected chi connectivity index (χ4v) is 2.05. The molecule has 2 rings (SSSR count). The first-order valence-electron chi connectivity index (χ1n) is 5.65. The first-order chi connectivity index (χ1) is 9.51. The highest BCUT2D eigenvalue weighted by atomic mass is 79.9. The van der Waals surface area contributed by atoms with E-state index >= 15 is 0 Å². The van der Waals surface area contributed by atoms with Gasteiger partial charge in [-0.3, -0.25) is 0 Å². The van der Waals surface area contributed by atoms with Crippen LogP contribution in [-0.4, -0.2) is 18.2 Å². The standard InChI is InChI=1S/C14H12BrNO4/c1-19-9-3-5-12(11(15)7-9)20-13-6-8(16)2-4-10(13)14(17)18/h2-7H,16H2,1H3,(H,17,18). The van der Waals surface area contributed by atoms with Gasteiger partial charge in [0.25, 0.3) is 0 Å². The monoisotopic (exact) mass is 337 g/mol. The lowest BCUT2D eigenvalue weighted by Crippen LogP contribution is -2.01. The molecule has 0 aliphatic carbocycles. The Hall–Kier alpha value is -2.21. The van der Waals surface area contributed by atoms with Gasteiger partial charge in [0.2, 0.25) is 0 Å². The summed E-state index contributed by atoms with van der Waals surface area (Å²) in [4.78, 5) is 11.2. The summed E-state index contributed by atoms with van der Waals surface area (Å²) in [6, 6.07) is 9.51. The number of hydrogen-bond acceptors (Lipinski definition) is 4. The van der Waals surface area contributed by atoms with Gasteiger partial charge in [-0.2, -0.15) is 0 Å². The molecule has 0 saturated carbocycles. The number of carboxylic acid groups (broad SMARTS) is 1. The molecule has 0 aliphatic rings. The minimum atomic E-state index is -1.08. The second-order valence-electron chi connectivity index (χ2n) is 3.96. The van der Waals surface area contributed by atoms with Gasteiger partial charge >= 0.3 is 5.97 Å². The van der Waals surface area contributed by atoms with Crippen LogP contribution in [0.2, 0.25) is 0 Å². The number of hydrogen-bond donors (Lipinski definition) is 2. The number of ether oxygens (including phenoxy) is 2. The van der Waals surface area contributed by atoms with Gasteiger partial charge in [0.15, 0.2) is 0 Å². The van der Waals surface area contributed by atoms with E-state index in [1.807, 2.05) is 0 Å². The SMILES string of the molecule is COc1ccc(Oc2cc(N)ccc2C(=O)O)c(Br)c1. The van der Waals surface area contributed by atoms with Crippen LogP contribution in [-0.2, 0) is 0 Å². The molecule has 0 bridgehead atoms. The molecule has 0 atom stereocenters. The van der Waals surface area contributed by atoms with Crippen molar-refractivity contribution in [1.82, 2.24) is 0 Å². The van der Waals surface area contributed by atoms with Gasteiger partial charge in [0.1, 0.15) is 22.8 Å². The molecule has 0 heterocycles. The summed E-state index contributed by atoms with van der Waals surface area (Å²) in [5.41, 5.74) is 6.13. The van der Waals surface area contributed by atoms with Crippen LogP contribution in [0.5, 0.6) is 17.2 Å². The van der Waals surface area contributed by atoms with Crippen LogP contribution in [0.15, 0.2) is 40.9 Å². The van der Waals surface area contributed by atoms with E-state index in [2.05, 4.69) is 15.9 Å². The van der Waals surface area contributed by atoms with E-state index < -0.39 is 5.97 Å². The maximum absolute atomic E-state index is 11.2. The number of halogens is 1. The van der Waals surface area contributed by atoms with Gasteiger partial charge in [-0.15, -0.1) is 0 Å². The molecule has 0 fully saturated rings. The fraction of sp³-hybridized carbons (Fsp3) is 0.0714. The summed E-state index contributed by atoms with van der Waals surface area (Å²) in [6.07, 6.45) is 0. The predicted molar refractivity (Wildman–Crippen MR) is 78.6 cm³/mol. The molecule has 0 saturated heterocycles. The van der Waals surface area contributed by atoms with Crippen molar-refractivity contribution in [3.8, 4) is 17.2 Å². The van der Waals surface area contributed by atoms with Crippen LogP contribution in [0.1, 0.15) is 10.4 Å². The summed E-state index contributed by atoms with van der Waals surface area (Å²) in [6.45, 7) is 0. The van der Waals surface area contributed by atoms with Gasteiger partial charge in [-0.1, -0.05) is 0 Å². The lowest BCUT2D eigenvalue weighted by atomic mass is 10.2. The van der Waals surface area contributed by atoms with Crippen LogP contribution < -0.4 is 15.2 Å². The number of benzene rings is 2. The minimum Gasteiger partial charge on any atom is -0.497 e. The Morgan fingerprint density at radius 2 is 1.95 bits per heavy atom. The number of nitrogen functional groups attached to an aromatic ring is 1. The van der Waals surface area contributed by atoms with Crippen LogP contribution in [0.4, 0.5) is 5.69 Å². The topological polar surface area (TPSA) is 81.8 Å². The summed E-state index contributed by atoms with van der Waals surface area (Å²) in [7, 11) is 1.56. The van der Waals surface area contributed by atoms with Crippen LogP contribution in [0.25, 0.3) is 0 Å². The Morgan fingerprint density at radius 1 is 1.20 bits per heavy atom. The fourth-order valence-electron chi connectivity index (χ4n) is 1.61. The largest absolute Gasteiger partial charge is 0.497 e. The van der Waals surface area contributed by atoms with Crippen molar-refractivity contribution in [3.63, 3.8) is 0 Å². The molecule has 0 aliphatic heterocycles. The van der Waals surface area contributed by atoms with Gasteiger partial charge in [0.05, 0.1) is 11.6 Å². The highest BCUT2D eigenvalue weighted by Crippen LogP contribution is 2.34. The molecule has 0 amide bonds. The molecule has 3 N–H and O–H groups in total. The molecule has 6 heteroatoms. The highest BCUT2D eigenvalue weighted by molar-refractivity contribution is 9.10. The molecular formula is C14H12BrNO4. The van der Waals surface area contributed by atoms with E-state index in [-0.39, 0.29) is 11.3 Å². The Kier molecular flexibility index (Phi) is 4.14. The molecule has 0 unspecified atom stereocenters. The molecule has 0 aromatic heterocycles. The number of methoxy groups -OCH3 is 1. The van der Waals surface area contributed by atoms with Crippen molar-refractivity contribution in [2.45, 2.75) is 0 Å². The second kappa shape index (κ2) is 5.83. The van der Waals surface area contributed by atoms with Gasteiger partial charge in [0, 0.05) is 11.8 Å². The van der Waals surface area contributed by atoms with E-state index in [0.29, 0.717) is 21.7 Å². The molecule has 0 spiro atoms. The van der Waals surface area contributed by atoms with Crippen LogP contribution in [0.3, 0.4) is 0 Å². The van der Waals surface area contributed by atoms with E-state index in [1.54, 1.807) is 25.3 Å². The van der Waals surface area contributed by atoms with Gasteiger partial charge < -0.3 is 20.3 Å². The maximum Gasteiger partial charge on any atom is 0.339 e. The van der Waals surface area contributed by atoms with Gasteiger partial charge in [-0.25, -0.2) is 4.79 Å². The third-order valence-electron chi connectivity index (χ3n) is 2.60. The molecular weight excluding hydrogens is 326 g/mol. The molecule has 20 heavy (non-hydrogen) atoms. The Balaban J connectivity index is 2.39. The lowest BCUT2D eigenvalue weighted by molar-refractivity contribution is 0.0694. The van der Waals surface area contributed by atoms with Crippen molar-refractivity contribution in [2.75, 3.05) is 12.8 Å². The van der Waals surface area contributed by atoms with Crippen molar-refractivity contribution >= 4 is 27.6 Å². The minimum absolute atomic E-state index is 0.0434. The summed E-state index contributed by atoms with van der Waals surface area (Å²) < 4.78 is 11.3. The van der Waals surface area contributed by atoms with E-state index in [4.69, 9.17) is 20.3 Å². The smallest absolute Gasteiger partial charge is 0.339 e. The number of carboxylic acids is 1. The number of aromatic carboxylic acids is 1. The van der Waals surface area contributed by atoms with Crippen LogP contribution >= 0.6 is 15.9 Å². The highest BCUT2D eigenvalue weighted by Gasteiger charge is 2.14. The van der Waals surface area contributed by atoms with Crippen molar-refractivity contribution in [1.29, 1.82) is 0 Å². The molecule has 2 aromatic rings. The predicted octanol–water partition coefficient (Wildman–Crippen LogP) is 3.53. The van der Waals surface area contributed by atoms with E-state index in [1.165, 1.54) is 18.2 Å².